The van der Waals surface area contributed by atoms with E-state index in [-0.39, 0.29) is 59.1 Å². The number of aromatic nitrogens is 5. The Bertz CT molecular complexity index is 1410. The zero-order chi connectivity index (χ0) is 27.7. The third kappa shape index (κ3) is 4.15. The predicted octanol–water partition coefficient (Wildman–Crippen LogP) is 5.69. The van der Waals surface area contributed by atoms with Gasteiger partial charge >= 0.3 is 12.4 Å². The summed E-state index contributed by atoms with van der Waals surface area (Å²) in [5.74, 6) is -0.0935. The highest BCUT2D eigenvalue weighted by atomic mass is 19.4. The lowest BCUT2D eigenvalue weighted by molar-refractivity contribution is -0.337. The number of ether oxygens (including phenoxy) is 1. The van der Waals surface area contributed by atoms with Gasteiger partial charge < -0.3 is 9.72 Å². The van der Waals surface area contributed by atoms with E-state index in [0.717, 1.165) is 0 Å². The summed E-state index contributed by atoms with van der Waals surface area (Å²) in [6, 6.07) is 2.99. The summed E-state index contributed by atoms with van der Waals surface area (Å²) in [6.45, 7) is 3.05. The molecule has 204 valence electrons. The van der Waals surface area contributed by atoms with Crippen LogP contribution in [0.3, 0.4) is 0 Å². The van der Waals surface area contributed by atoms with Crippen molar-refractivity contribution in [2.45, 2.75) is 75.7 Å². The number of hydrogen-bond donors (Lipinski definition) is 1. The summed E-state index contributed by atoms with van der Waals surface area (Å²) in [5, 5.41) is 0. The molecule has 38 heavy (non-hydrogen) atoms. The molecule has 0 amide bonds. The highest BCUT2D eigenvalue weighted by Gasteiger charge is 2.79. The van der Waals surface area contributed by atoms with Crippen molar-refractivity contribution < 1.29 is 31.1 Å². The fourth-order valence-corrected chi connectivity index (χ4v) is 5.91. The van der Waals surface area contributed by atoms with Gasteiger partial charge in [0.05, 0.1) is 22.9 Å². The van der Waals surface area contributed by atoms with Crippen molar-refractivity contribution >= 4 is 11.2 Å². The SMILES string of the molecule is CC[C@@H](C[C@@H](OC)c1ccc(=O)[nH]c1)c1nc(C23CC(C(F)(F)F)(C2)C3)c2nc(C(F)(F)F)c(C)nc2n1. The number of rotatable bonds is 7. The largest absolute Gasteiger partial charge is 0.435 e. The maximum atomic E-state index is 13.6. The first-order valence-electron chi connectivity index (χ1n) is 12.1. The first kappa shape index (κ1) is 26.5. The van der Waals surface area contributed by atoms with Crippen molar-refractivity contribution in [1.82, 2.24) is 24.9 Å². The van der Waals surface area contributed by atoms with Crippen molar-refractivity contribution in [3.05, 3.63) is 57.2 Å². The maximum absolute atomic E-state index is 13.6. The third-order valence-electron chi connectivity index (χ3n) is 7.95. The number of aromatic amines is 1. The van der Waals surface area contributed by atoms with E-state index >= 15 is 0 Å². The maximum Gasteiger partial charge on any atom is 0.435 e. The van der Waals surface area contributed by atoms with E-state index in [1.165, 1.54) is 26.3 Å². The van der Waals surface area contributed by atoms with E-state index in [0.29, 0.717) is 18.4 Å². The number of alkyl halides is 6. The number of pyridine rings is 1. The van der Waals surface area contributed by atoms with Crippen LogP contribution in [0.25, 0.3) is 11.2 Å². The van der Waals surface area contributed by atoms with Gasteiger partial charge in [-0.3, -0.25) is 4.79 Å². The first-order chi connectivity index (χ1) is 17.7. The van der Waals surface area contributed by atoms with Gasteiger partial charge in [0, 0.05) is 30.7 Å². The van der Waals surface area contributed by atoms with Gasteiger partial charge in [-0.05, 0) is 50.7 Å². The lowest BCUT2D eigenvalue weighted by atomic mass is 9.34. The molecule has 0 aromatic carbocycles. The Morgan fingerprint density at radius 3 is 2.26 bits per heavy atom. The molecule has 3 aromatic rings. The summed E-state index contributed by atoms with van der Waals surface area (Å²) in [4.78, 5) is 31.0. The third-order valence-corrected chi connectivity index (χ3v) is 7.95. The molecule has 2 bridgehead atoms. The molecule has 3 aliphatic rings. The van der Waals surface area contributed by atoms with Gasteiger partial charge in [-0.15, -0.1) is 0 Å². The van der Waals surface area contributed by atoms with Gasteiger partial charge in [0.15, 0.2) is 11.3 Å². The molecule has 0 spiro atoms. The number of hydrogen-bond acceptors (Lipinski definition) is 6. The van der Waals surface area contributed by atoms with Crippen molar-refractivity contribution in [1.29, 1.82) is 0 Å². The average molecular weight is 541 g/mol. The van der Waals surface area contributed by atoms with Crippen LogP contribution in [0.1, 0.15) is 79.5 Å². The number of H-pyrrole nitrogens is 1. The van der Waals surface area contributed by atoms with Crippen LogP contribution >= 0.6 is 0 Å². The van der Waals surface area contributed by atoms with Gasteiger partial charge in [-0.2, -0.15) is 26.3 Å². The van der Waals surface area contributed by atoms with Crippen LogP contribution in [0.5, 0.6) is 0 Å². The molecule has 3 fully saturated rings. The molecule has 0 aliphatic heterocycles. The van der Waals surface area contributed by atoms with Crippen molar-refractivity contribution in [2.24, 2.45) is 5.41 Å². The normalized spacial score (nSPS) is 24.6. The van der Waals surface area contributed by atoms with E-state index in [2.05, 4.69) is 24.9 Å². The van der Waals surface area contributed by atoms with Crippen molar-refractivity contribution in [3.8, 4) is 0 Å². The van der Waals surface area contributed by atoms with E-state index in [1.54, 1.807) is 6.07 Å². The Kier molecular flexibility index (Phi) is 6.08. The second-order valence-electron chi connectivity index (χ2n) is 10.4. The lowest BCUT2D eigenvalue weighted by Gasteiger charge is -2.70. The first-order valence-corrected chi connectivity index (χ1v) is 12.1. The number of nitrogens with one attached hydrogen (secondary N) is 1. The van der Waals surface area contributed by atoms with Crippen LogP contribution in [-0.2, 0) is 16.3 Å². The Balaban J connectivity index is 1.59. The van der Waals surface area contributed by atoms with Crippen LogP contribution in [0.4, 0.5) is 26.3 Å². The van der Waals surface area contributed by atoms with E-state index in [9.17, 15) is 31.1 Å². The summed E-state index contributed by atoms with van der Waals surface area (Å²) in [5.41, 5.74) is -4.19. The molecule has 2 atom stereocenters. The Hall–Kier alpha value is -3.09. The van der Waals surface area contributed by atoms with Crippen molar-refractivity contribution in [2.75, 3.05) is 7.11 Å². The molecule has 3 heterocycles. The minimum atomic E-state index is -4.79. The zero-order valence-corrected chi connectivity index (χ0v) is 20.8. The highest BCUT2D eigenvalue weighted by molar-refractivity contribution is 5.75. The van der Waals surface area contributed by atoms with Gasteiger partial charge in [0.2, 0.25) is 5.56 Å². The van der Waals surface area contributed by atoms with Gasteiger partial charge in [-0.1, -0.05) is 6.92 Å². The molecule has 0 unspecified atom stereocenters. The number of methoxy groups -OCH3 is 1. The van der Waals surface area contributed by atoms with E-state index in [4.69, 9.17) is 4.74 Å². The summed E-state index contributed by atoms with van der Waals surface area (Å²) in [6.07, 6.45) is -8.00. The van der Waals surface area contributed by atoms with Crippen LogP contribution < -0.4 is 5.56 Å². The second-order valence-corrected chi connectivity index (χ2v) is 10.4. The van der Waals surface area contributed by atoms with Crippen LogP contribution in [0.2, 0.25) is 0 Å². The number of aryl methyl sites for hydroxylation is 1. The monoisotopic (exact) mass is 541 g/mol. The minimum Gasteiger partial charge on any atom is -0.377 e. The standard InChI is InChI=1S/C25H25F6N5O2/c1-4-13(7-15(38-3)14-5-6-16(37)32-8-14)20-35-19(22-9-23(10-22,11-22)25(29,30)31)17-21(36-20)33-12(2)18(34-17)24(26,27)28/h5-6,8,13,15H,4,7,9-11H2,1-3H3,(H,32,37)/t13-,15+,22?,23?/m0/s1. The molecule has 1 N–H and O–H groups in total. The number of fused-ring (bicyclic) bond motifs is 1. The molecule has 13 heteroatoms. The lowest BCUT2D eigenvalue weighted by Crippen LogP contribution is -2.70. The molecular weight excluding hydrogens is 516 g/mol. The molecule has 3 aliphatic carbocycles. The topological polar surface area (TPSA) is 93.7 Å². The van der Waals surface area contributed by atoms with Crippen LogP contribution in [0, 0.1) is 12.3 Å². The van der Waals surface area contributed by atoms with Gasteiger partial charge in [0.1, 0.15) is 11.3 Å². The van der Waals surface area contributed by atoms with Crippen LogP contribution in [-0.4, -0.2) is 38.2 Å². The average Bonchev–Trinajstić information content (AvgIpc) is 2.76. The molecule has 0 saturated heterocycles. The molecule has 7 nitrogen and oxygen atoms in total. The fraction of sp³-hybridized carbons (Fsp3) is 0.560. The number of halogens is 6. The minimum absolute atomic E-state index is 0.0715. The smallest absolute Gasteiger partial charge is 0.377 e. The predicted molar refractivity (Wildman–Crippen MR) is 123 cm³/mol. The van der Waals surface area contributed by atoms with Gasteiger partial charge in [-0.25, -0.2) is 19.9 Å². The summed E-state index contributed by atoms with van der Waals surface area (Å²) in [7, 11) is 1.50. The zero-order valence-electron chi connectivity index (χ0n) is 20.8. The Morgan fingerprint density at radius 1 is 1.05 bits per heavy atom. The molecule has 3 saturated carbocycles. The number of nitrogens with zero attached hydrogens (tertiary/aromatic N) is 4. The van der Waals surface area contributed by atoms with Crippen molar-refractivity contribution in [3.63, 3.8) is 0 Å². The van der Waals surface area contributed by atoms with E-state index < -0.39 is 35.0 Å². The Morgan fingerprint density at radius 2 is 1.74 bits per heavy atom. The Labute approximate surface area is 213 Å². The van der Waals surface area contributed by atoms with Crippen LogP contribution in [0.15, 0.2) is 23.1 Å². The quantitative estimate of drug-likeness (QED) is 0.387. The molecule has 0 radical (unpaired) electrons. The molecule has 3 aromatic heterocycles. The fourth-order valence-electron chi connectivity index (χ4n) is 5.91. The second kappa shape index (κ2) is 8.72. The summed E-state index contributed by atoms with van der Waals surface area (Å²) >= 11 is 0. The molecular formula is C25H25F6N5O2. The van der Waals surface area contributed by atoms with E-state index in [1.807, 2.05) is 6.92 Å². The van der Waals surface area contributed by atoms with Gasteiger partial charge in [0.25, 0.3) is 0 Å². The molecule has 6 rings (SSSR count). The highest BCUT2D eigenvalue weighted by Crippen LogP contribution is 2.78. The summed E-state index contributed by atoms with van der Waals surface area (Å²) < 4.78 is 87.3.